The normalized spacial score (nSPS) is 14.2. The van der Waals surface area contributed by atoms with Crippen LogP contribution in [0.5, 0.6) is 0 Å². The largest absolute Gasteiger partial charge is 0.451 e. The van der Waals surface area contributed by atoms with Gasteiger partial charge in [-0.1, -0.05) is 15.9 Å². The highest BCUT2D eigenvalue weighted by atomic mass is 79.9. The van der Waals surface area contributed by atoms with Gasteiger partial charge in [0.15, 0.2) is 5.76 Å². The van der Waals surface area contributed by atoms with E-state index in [1.165, 1.54) is 19.4 Å². The van der Waals surface area contributed by atoms with Crippen LogP contribution >= 0.6 is 15.9 Å². The highest BCUT2D eigenvalue weighted by molar-refractivity contribution is 9.10. The molecular weight excluding hydrogens is 443 g/mol. The van der Waals surface area contributed by atoms with Gasteiger partial charge in [-0.3, -0.25) is 4.79 Å². The first-order valence-electron chi connectivity index (χ1n) is 8.28. The number of aliphatic hydroxyl groups is 1. The summed E-state index contributed by atoms with van der Waals surface area (Å²) in [5, 5.41) is 13.4. The van der Waals surface area contributed by atoms with Crippen LogP contribution in [0.4, 0.5) is 13.2 Å². The summed E-state index contributed by atoms with van der Waals surface area (Å²) in [4.78, 5) is 16.0. The molecule has 1 atom stereocenters. The number of hydrogen-bond donors (Lipinski definition) is 2. The predicted molar refractivity (Wildman–Crippen MR) is 98.8 cm³/mol. The third-order valence-corrected chi connectivity index (χ3v) is 5.03. The molecule has 6 nitrogen and oxygen atoms in total. The Balaban J connectivity index is 1.77. The molecule has 0 saturated heterocycles. The average molecular weight is 460 g/mol. The van der Waals surface area contributed by atoms with Crippen LogP contribution in [0.3, 0.4) is 0 Å². The van der Waals surface area contributed by atoms with Gasteiger partial charge in [0.2, 0.25) is 5.60 Å². The van der Waals surface area contributed by atoms with Crippen LogP contribution in [-0.4, -0.2) is 33.3 Å². The highest BCUT2D eigenvalue weighted by Gasteiger charge is 2.57. The monoisotopic (exact) mass is 459 g/mol. The van der Waals surface area contributed by atoms with E-state index >= 15 is 0 Å². The number of aryl methyl sites for hydroxylation is 2. The minimum absolute atomic E-state index is 0.0145. The van der Waals surface area contributed by atoms with Crippen LogP contribution < -0.4 is 5.32 Å². The number of imidazole rings is 1. The molecule has 0 spiro atoms. The number of furan rings is 1. The molecule has 28 heavy (non-hydrogen) atoms. The summed E-state index contributed by atoms with van der Waals surface area (Å²) in [6.07, 6.45) is -3.28. The first kappa shape index (κ1) is 20.4. The fourth-order valence-corrected chi connectivity index (χ4v) is 3.35. The lowest BCUT2D eigenvalue weighted by Crippen LogP contribution is -2.46. The number of amides is 1. The molecule has 2 aromatic heterocycles. The molecular formula is C18H17BrF3N3O3. The van der Waals surface area contributed by atoms with E-state index in [0.717, 1.165) is 14.4 Å². The Morgan fingerprint density at radius 1 is 1.39 bits per heavy atom. The first-order valence-corrected chi connectivity index (χ1v) is 9.07. The predicted octanol–water partition coefficient (Wildman–Crippen LogP) is 3.81. The van der Waals surface area contributed by atoms with Crippen molar-refractivity contribution in [1.29, 1.82) is 0 Å². The number of benzene rings is 1. The smallest absolute Gasteiger partial charge is 0.424 e. The van der Waals surface area contributed by atoms with Crippen molar-refractivity contribution >= 4 is 32.8 Å². The summed E-state index contributed by atoms with van der Waals surface area (Å²) in [5.74, 6) is -1.19. The molecule has 0 aliphatic heterocycles. The van der Waals surface area contributed by atoms with Gasteiger partial charge in [-0.15, -0.1) is 0 Å². The number of aromatic nitrogens is 2. The molecule has 0 bridgehead atoms. The van der Waals surface area contributed by atoms with E-state index < -0.39 is 36.5 Å². The molecule has 1 amide bonds. The fraction of sp³-hybridized carbons (Fsp3) is 0.333. The number of alkyl halides is 3. The summed E-state index contributed by atoms with van der Waals surface area (Å²) in [7, 11) is 1.35. The number of nitrogens with one attached hydrogen (secondary N) is 1. The van der Waals surface area contributed by atoms with Crippen molar-refractivity contribution in [2.24, 2.45) is 7.05 Å². The van der Waals surface area contributed by atoms with E-state index in [9.17, 15) is 23.1 Å². The van der Waals surface area contributed by atoms with E-state index in [4.69, 9.17) is 4.42 Å². The Kier molecular flexibility index (Phi) is 5.28. The molecule has 3 rings (SSSR count). The Labute approximate surface area is 166 Å². The van der Waals surface area contributed by atoms with E-state index in [1.807, 2.05) is 0 Å². The van der Waals surface area contributed by atoms with Gasteiger partial charge in [0.1, 0.15) is 11.4 Å². The summed E-state index contributed by atoms with van der Waals surface area (Å²) in [6.45, 7) is 1.26. The summed E-state index contributed by atoms with van der Waals surface area (Å²) < 4.78 is 47.9. The summed E-state index contributed by atoms with van der Waals surface area (Å²) >= 11 is 3.34. The second kappa shape index (κ2) is 7.25. The Morgan fingerprint density at radius 2 is 2.11 bits per heavy atom. The SMILES string of the molecule is Cc1c(C(=O)NCCC(O)(c2nccn2C)C(F)(F)F)oc2ccc(Br)cc12. The zero-order chi connectivity index (χ0) is 20.7. The van der Waals surface area contributed by atoms with Crippen molar-refractivity contribution in [3.63, 3.8) is 0 Å². The van der Waals surface area contributed by atoms with E-state index in [2.05, 4.69) is 26.2 Å². The van der Waals surface area contributed by atoms with Crippen LogP contribution in [0, 0.1) is 6.92 Å². The highest BCUT2D eigenvalue weighted by Crippen LogP contribution is 2.40. The van der Waals surface area contributed by atoms with Gasteiger partial charge in [0.05, 0.1) is 0 Å². The molecule has 1 aromatic carbocycles. The number of hydrogen-bond acceptors (Lipinski definition) is 4. The molecule has 150 valence electrons. The number of carbonyl (C=O) groups is 1. The van der Waals surface area contributed by atoms with E-state index in [1.54, 1.807) is 25.1 Å². The van der Waals surface area contributed by atoms with E-state index in [-0.39, 0.29) is 5.76 Å². The van der Waals surface area contributed by atoms with Gasteiger partial charge in [0.25, 0.3) is 5.91 Å². The minimum Gasteiger partial charge on any atom is -0.451 e. The van der Waals surface area contributed by atoms with E-state index in [0.29, 0.717) is 11.1 Å². The molecule has 3 aromatic rings. The maximum Gasteiger partial charge on any atom is 0.424 e. The zero-order valence-corrected chi connectivity index (χ0v) is 16.6. The summed E-state index contributed by atoms with van der Waals surface area (Å²) in [5.41, 5.74) is -2.12. The number of halogens is 4. The zero-order valence-electron chi connectivity index (χ0n) is 15.0. The maximum absolute atomic E-state index is 13.5. The number of rotatable bonds is 5. The molecule has 0 saturated carbocycles. The molecule has 2 heterocycles. The van der Waals surface area contributed by atoms with Crippen molar-refractivity contribution in [1.82, 2.24) is 14.9 Å². The van der Waals surface area contributed by atoms with Crippen LogP contribution in [0.2, 0.25) is 0 Å². The Morgan fingerprint density at radius 3 is 2.71 bits per heavy atom. The summed E-state index contributed by atoms with van der Waals surface area (Å²) in [6, 6.07) is 5.23. The molecule has 0 aliphatic carbocycles. The van der Waals surface area contributed by atoms with Crippen molar-refractivity contribution in [2.45, 2.75) is 25.1 Å². The molecule has 0 aliphatic rings. The van der Waals surface area contributed by atoms with Crippen LogP contribution in [0.25, 0.3) is 11.0 Å². The Bertz CT molecular complexity index is 1030. The standard InChI is InChI=1S/C18H17BrF3N3O3/c1-10-12-9-11(19)3-4-13(12)28-14(10)15(26)23-6-5-17(27,18(20,21)22)16-24-7-8-25(16)2/h3-4,7-9,27H,5-6H2,1-2H3,(H,23,26). The molecule has 10 heteroatoms. The van der Waals surface area contributed by atoms with Gasteiger partial charge in [-0.05, 0) is 25.1 Å². The van der Waals surface area contributed by atoms with Crippen molar-refractivity contribution < 1.29 is 27.5 Å². The third-order valence-electron chi connectivity index (χ3n) is 4.54. The quantitative estimate of drug-likeness (QED) is 0.607. The van der Waals surface area contributed by atoms with Crippen molar-refractivity contribution in [3.8, 4) is 0 Å². The van der Waals surface area contributed by atoms with Gasteiger partial charge >= 0.3 is 6.18 Å². The number of fused-ring (bicyclic) bond motifs is 1. The fourth-order valence-electron chi connectivity index (χ4n) is 2.99. The molecule has 1 unspecified atom stereocenters. The van der Waals surface area contributed by atoms with Gasteiger partial charge in [-0.2, -0.15) is 13.2 Å². The maximum atomic E-state index is 13.5. The van der Waals surface area contributed by atoms with Crippen molar-refractivity contribution in [2.75, 3.05) is 6.54 Å². The first-order chi connectivity index (χ1) is 13.0. The Hall–Kier alpha value is -2.33. The lowest BCUT2D eigenvalue weighted by molar-refractivity contribution is -0.272. The second-order valence-corrected chi connectivity index (χ2v) is 7.34. The van der Waals surface area contributed by atoms with Gasteiger partial charge in [0, 0.05) is 47.8 Å². The molecule has 0 fully saturated rings. The lowest BCUT2D eigenvalue weighted by Gasteiger charge is -2.29. The van der Waals surface area contributed by atoms with Gasteiger partial charge in [-0.25, -0.2) is 4.98 Å². The van der Waals surface area contributed by atoms with Crippen LogP contribution in [0.1, 0.15) is 28.4 Å². The number of nitrogens with zero attached hydrogens (tertiary/aromatic N) is 2. The number of carbonyl (C=O) groups excluding carboxylic acids is 1. The second-order valence-electron chi connectivity index (χ2n) is 6.42. The van der Waals surface area contributed by atoms with Crippen molar-refractivity contribution in [3.05, 3.63) is 52.2 Å². The molecule has 2 N–H and O–H groups in total. The lowest BCUT2D eigenvalue weighted by atomic mass is 9.97. The van der Waals surface area contributed by atoms with Crippen LogP contribution in [-0.2, 0) is 12.6 Å². The molecule has 0 radical (unpaired) electrons. The third kappa shape index (κ3) is 3.53. The minimum atomic E-state index is -4.96. The average Bonchev–Trinajstić information content (AvgIpc) is 3.18. The van der Waals surface area contributed by atoms with Crippen LogP contribution in [0.15, 0.2) is 39.5 Å². The topological polar surface area (TPSA) is 80.3 Å². The van der Waals surface area contributed by atoms with Gasteiger partial charge < -0.3 is 19.4 Å².